The van der Waals surface area contributed by atoms with E-state index in [4.69, 9.17) is 17.2 Å². The monoisotopic (exact) mass is 456 g/mol. The van der Waals surface area contributed by atoms with Gasteiger partial charge in [0.25, 0.3) is 0 Å². The minimum Gasteiger partial charge on any atom is -0.334 e. The second kappa shape index (κ2) is 17.1. The van der Waals surface area contributed by atoms with Crippen molar-refractivity contribution in [3.8, 4) is 0 Å². The van der Waals surface area contributed by atoms with Crippen LogP contribution in [0.3, 0.4) is 0 Å². The molecule has 0 aliphatic carbocycles. The van der Waals surface area contributed by atoms with Gasteiger partial charge in [0.1, 0.15) is 11.8 Å². The second-order valence-electron chi connectivity index (χ2n) is 8.72. The Kier molecular flexibility index (Phi) is 16.4. The van der Waals surface area contributed by atoms with Crippen LogP contribution in [-0.2, 0) is 14.4 Å². The minimum absolute atomic E-state index is 0.0296. The van der Waals surface area contributed by atoms with Gasteiger partial charge < -0.3 is 22.1 Å². The van der Waals surface area contributed by atoms with Crippen molar-refractivity contribution < 1.29 is 14.4 Å². The average Bonchev–Trinajstić information content (AvgIpc) is 2.75. The zero-order chi connectivity index (χ0) is 24.7. The molecule has 0 aliphatic heterocycles. The third-order valence-corrected chi connectivity index (χ3v) is 6.23. The summed E-state index contributed by atoms with van der Waals surface area (Å²) >= 11 is 0. The van der Waals surface area contributed by atoms with E-state index in [1.807, 2.05) is 24.1 Å². The van der Waals surface area contributed by atoms with Crippen LogP contribution in [0.2, 0.25) is 0 Å². The van der Waals surface area contributed by atoms with Gasteiger partial charge in [-0.1, -0.05) is 12.8 Å². The first-order valence-corrected chi connectivity index (χ1v) is 12.0. The quantitative estimate of drug-likeness (QED) is 0.192. The first-order valence-electron chi connectivity index (χ1n) is 12.0. The number of hydrazine groups is 1. The smallest absolute Gasteiger partial charge is 0.241 e. The Labute approximate surface area is 195 Å². The molecule has 0 aromatic heterocycles. The molecule has 0 fully saturated rings. The lowest BCUT2D eigenvalue weighted by molar-refractivity contribution is -0.153. The molecule has 0 saturated heterocycles. The lowest BCUT2D eigenvalue weighted by Crippen LogP contribution is -2.57. The fourth-order valence-electron chi connectivity index (χ4n) is 4.07. The predicted molar refractivity (Wildman–Crippen MR) is 130 cm³/mol. The van der Waals surface area contributed by atoms with E-state index in [1.165, 1.54) is 6.92 Å². The Hall–Kier alpha value is -1.39. The zero-order valence-corrected chi connectivity index (χ0v) is 21.0. The van der Waals surface area contributed by atoms with Crippen molar-refractivity contribution in [2.75, 3.05) is 40.8 Å². The highest BCUT2D eigenvalue weighted by Gasteiger charge is 2.35. The number of likely N-dealkylation sites (N-methyl/N-ethyl adjacent to an activating group) is 3. The maximum absolute atomic E-state index is 13.6. The van der Waals surface area contributed by atoms with E-state index < -0.39 is 12.1 Å². The minimum atomic E-state index is -0.482. The summed E-state index contributed by atoms with van der Waals surface area (Å²) in [5.74, 6) is -0.0900. The SMILES string of the molecule is CC(=O)[C@H](CCCCN)N(C)C(=O)[C@H](CCCCN)N(C)N(C)[C@@H](CCCCN)C(C)=O. The highest BCUT2D eigenvalue weighted by Crippen LogP contribution is 2.19. The standard InChI is InChI=1S/C23H48N6O3/c1-18(30)20(12-6-9-15-24)27(3)23(32)22(14-8-11-17-26)29(5)28(4)21(19(2)31)13-7-10-16-25/h20-22H,6-17,24-26H2,1-5H3/t20-,21-,22-/m0/s1. The summed E-state index contributed by atoms with van der Waals surface area (Å²) in [6, 6.07) is -1.28. The van der Waals surface area contributed by atoms with Gasteiger partial charge in [0.2, 0.25) is 5.91 Å². The van der Waals surface area contributed by atoms with Gasteiger partial charge >= 0.3 is 0 Å². The fraction of sp³-hybridized carbons (Fsp3) is 0.870. The number of carbonyl (C=O) groups is 3. The Bertz CT molecular complexity index is 560. The van der Waals surface area contributed by atoms with E-state index >= 15 is 0 Å². The van der Waals surface area contributed by atoms with Crippen molar-refractivity contribution >= 4 is 17.5 Å². The third-order valence-electron chi connectivity index (χ3n) is 6.23. The summed E-state index contributed by atoms with van der Waals surface area (Å²) < 4.78 is 0. The largest absolute Gasteiger partial charge is 0.334 e. The van der Waals surface area contributed by atoms with Gasteiger partial charge in [-0.2, -0.15) is 0 Å². The second-order valence-corrected chi connectivity index (χ2v) is 8.72. The first kappa shape index (κ1) is 30.6. The Balaban J connectivity index is 5.62. The molecule has 0 saturated carbocycles. The molecule has 0 radical (unpaired) electrons. The lowest BCUT2D eigenvalue weighted by atomic mass is 10.0. The number of carbonyl (C=O) groups excluding carboxylic acids is 3. The molecule has 0 unspecified atom stereocenters. The van der Waals surface area contributed by atoms with Crippen molar-refractivity contribution in [2.24, 2.45) is 17.2 Å². The molecule has 0 aliphatic rings. The van der Waals surface area contributed by atoms with Crippen LogP contribution in [0.25, 0.3) is 0 Å². The Morgan fingerprint density at radius 3 is 1.31 bits per heavy atom. The number of ketones is 2. The molecule has 0 bridgehead atoms. The normalized spacial score (nSPS) is 14.4. The van der Waals surface area contributed by atoms with Crippen LogP contribution in [-0.4, -0.2) is 91.3 Å². The summed E-state index contributed by atoms with van der Waals surface area (Å²) in [6.07, 6.45) is 6.78. The van der Waals surface area contributed by atoms with Gasteiger partial charge in [-0.3, -0.25) is 14.4 Å². The molecule has 188 valence electrons. The predicted octanol–water partition coefficient (Wildman–Crippen LogP) is 0.894. The van der Waals surface area contributed by atoms with Gasteiger partial charge in [0.15, 0.2) is 5.78 Å². The maximum Gasteiger partial charge on any atom is 0.241 e. The van der Waals surface area contributed by atoms with E-state index in [-0.39, 0.29) is 23.5 Å². The van der Waals surface area contributed by atoms with Crippen LogP contribution in [0.1, 0.15) is 71.6 Å². The number of unbranched alkanes of at least 4 members (excludes halogenated alkanes) is 3. The van der Waals surface area contributed by atoms with E-state index in [2.05, 4.69) is 0 Å². The molecule has 6 N–H and O–H groups in total. The van der Waals surface area contributed by atoms with E-state index in [9.17, 15) is 14.4 Å². The van der Waals surface area contributed by atoms with Gasteiger partial charge in [-0.05, 0) is 78.4 Å². The fourth-order valence-corrected chi connectivity index (χ4v) is 4.07. The molecule has 32 heavy (non-hydrogen) atoms. The molecule has 0 aromatic carbocycles. The number of Topliss-reactive ketones (excluding diaryl/α,β-unsaturated/α-hetero) is 2. The Morgan fingerprint density at radius 1 is 0.594 bits per heavy atom. The molecule has 3 atom stereocenters. The summed E-state index contributed by atoms with van der Waals surface area (Å²) in [5, 5.41) is 3.73. The van der Waals surface area contributed by atoms with Crippen molar-refractivity contribution in [3.63, 3.8) is 0 Å². The third kappa shape index (κ3) is 10.5. The lowest BCUT2D eigenvalue weighted by Gasteiger charge is -2.41. The van der Waals surface area contributed by atoms with Crippen LogP contribution in [0.4, 0.5) is 0 Å². The van der Waals surface area contributed by atoms with Crippen molar-refractivity contribution in [2.45, 2.75) is 89.8 Å². The van der Waals surface area contributed by atoms with Crippen LogP contribution in [0.5, 0.6) is 0 Å². The Morgan fingerprint density at radius 2 is 0.938 bits per heavy atom. The van der Waals surface area contributed by atoms with Gasteiger partial charge in [0.05, 0.1) is 12.1 Å². The summed E-state index contributed by atoms with van der Waals surface area (Å²) in [4.78, 5) is 39.8. The van der Waals surface area contributed by atoms with E-state index in [0.29, 0.717) is 38.9 Å². The molecular formula is C23H48N6O3. The van der Waals surface area contributed by atoms with Crippen molar-refractivity contribution in [1.82, 2.24) is 14.9 Å². The van der Waals surface area contributed by atoms with Gasteiger partial charge in [0, 0.05) is 21.1 Å². The highest BCUT2D eigenvalue weighted by atomic mass is 16.2. The topological polar surface area (TPSA) is 139 Å². The number of hydrogen-bond donors (Lipinski definition) is 3. The van der Waals surface area contributed by atoms with Crippen molar-refractivity contribution in [1.29, 1.82) is 0 Å². The summed E-state index contributed by atoms with van der Waals surface area (Å²) in [5.41, 5.74) is 16.9. The maximum atomic E-state index is 13.6. The number of nitrogens with zero attached hydrogens (tertiary/aromatic N) is 3. The van der Waals surface area contributed by atoms with E-state index in [1.54, 1.807) is 18.9 Å². The average molecular weight is 457 g/mol. The summed E-state index contributed by atoms with van der Waals surface area (Å²) in [7, 11) is 5.39. The van der Waals surface area contributed by atoms with Crippen LogP contribution in [0.15, 0.2) is 0 Å². The molecular weight excluding hydrogens is 408 g/mol. The number of nitrogens with two attached hydrogens (primary N) is 3. The molecule has 0 aromatic rings. The number of hydrogen-bond acceptors (Lipinski definition) is 8. The highest BCUT2D eigenvalue weighted by molar-refractivity contribution is 5.89. The van der Waals surface area contributed by atoms with Crippen LogP contribution in [0, 0.1) is 0 Å². The molecule has 0 spiro atoms. The summed E-state index contributed by atoms with van der Waals surface area (Å²) in [6.45, 7) is 4.82. The zero-order valence-electron chi connectivity index (χ0n) is 21.0. The van der Waals surface area contributed by atoms with Gasteiger partial charge in [-0.25, -0.2) is 10.0 Å². The molecule has 0 rings (SSSR count). The molecule has 0 heterocycles. The van der Waals surface area contributed by atoms with Crippen molar-refractivity contribution in [3.05, 3.63) is 0 Å². The first-order chi connectivity index (χ1) is 15.1. The molecule has 9 nitrogen and oxygen atoms in total. The molecule has 9 heteroatoms. The van der Waals surface area contributed by atoms with Gasteiger partial charge in [-0.15, -0.1) is 0 Å². The number of rotatable bonds is 19. The van der Waals surface area contributed by atoms with E-state index in [0.717, 1.165) is 38.5 Å². The van der Waals surface area contributed by atoms with Crippen LogP contribution < -0.4 is 17.2 Å². The van der Waals surface area contributed by atoms with Crippen LogP contribution >= 0.6 is 0 Å². The number of amides is 1. The molecule has 1 amide bonds.